The molecule has 36 heavy (non-hydrogen) atoms. The maximum absolute atomic E-state index is 3.55. The molecule has 4 aromatic rings. The van der Waals surface area contributed by atoms with Crippen LogP contribution in [-0.2, 0) is 5.41 Å². The van der Waals surface area contributed by atoms with Crippen LogP contribution in [0.1, 0.15) is 44.1 Å². The van der Waals surface area contributed by atoms with Gasteiger partial charge in [-0.1, -0.05) is 78.9 Å². The fourth-order valence-corrected chi connectivity index (χ4v) is 9.00. The highest BCUT2D eigenvalue weighted by atomic mass is 14.9. The highest BCUT2D eigenvalue weighted by Gasteiger charge is 2.70. The summed E-state index contributed by atoms with van der Waals surface area (Å²) in [6, 6.07) is 37.8. The van der Waals surface area contributed by atoms with E-state index in [1.54, 1.807) is 12.0 Å². The van der Waals surface area contributed by atoms with E-state index < -0.39 is 0 Å². The zero-order valence-electron chi connectivity index (χ0n) is 20.8. The molecule has 0 aromatic heterocycles. The minimum atomic E-state index is 0.487. The van der Waals surface area contributed by atoms with Crippen LogP contribution in [0.3, 0.4) is 0 Å². The van der Waals surface area contributed by atoms with Gasteiger partial charge in [0.05, 0.1) is 0 Å². The molecule has 1 N–H and O–H groups in total. The number of benzene rings is 4. The second-order valence-electron chi connectivity index (χ2n) is 12.3. The SMILES string of the molecule is c1ccc(-c2ccc(Nc3ccc(-c4ccc(C56CC7CC8C[C@@H](C5)C[C@]87C6)cc4)cc3)cc2)cc1. The Hall–Kier alpha value is -3.32. The molecule has 5 atom stereocenters. The molecule has 8 rings (SSSR count). The molecule has 0 radical (unpaired) electrons. The van der Waals surface area contributed by atoms with E-state index in [2.05, 4.69) is 108 Å². The van der Waals surface area contributed by atoms with Gasteiger partial charge in [-0.25, -0.2) is 0 Å². The Morgan fingerprint density at radius 2 is 1.11 bits per heavy atom. The molecule has 3 unspecified atom stereocenters. The van der Waals surface area contributed by atoms with E-state index in [1.165, 1.54) is 54.4 Å². The Kier molecular flexibility index (Phi) is 4.39. The summed E-state index contributed by atoms with van der Waals surface area (Å²) in [5.41, 5.74) is 10.2. The lowest BCUT2D eigenvalue weighted by Gasteiger charge is -2.49. The molecule has 0 saturated heterocycles. The van der Waals surface area contributed by atoms with Crippen LogP contribution in [0.25, 0.3) is 22.3 Å². The zero-order chi connectivity index (χ0) is 23.7. The molecular formula is C35H33N. The molecule has 4 saturated carbocycles. The van der Waals surface area contributed by atoms with Gasteiger partial charge in [-0.3, -0.25) is 0 Å². The van der Waals surface area contributed by atoms with Gasteiger partial charge in [0.2, 0.25) is 0 Å². The Labute approximate surface area is 214 Å². The minimum Gasteiger partial charge on any atom is -0.356 e. The van der Waals surface area contributed by atoms with Crippen LogP contribution in [0.2, 0.25) is 0 Å². The Morgan fingerprint density at radius 1 is 0.528 bits per heavy atom. The van der Waals surface area contributed by atoms with Crippen LogP contribution in [0, 0.1) is 23.2 Å². The van der Waals surface area contributed by atoms with Crippen molar-refractivity contribution in [3.63, 3.8) is 0 Å². The van der Waals surface area contributed by atoms with Crippen molar-refractivity contribution >= 4 is 11.4 Å². The first-order chi connectivity index (χ1) is 17.7. The highest BCUT2D eigenvalue weighted by molar-refractivity contribution is 5.71. The number of nitrogens with one attached hydrogen (secondary N) is 1. The van der Waals surface area contributed by atoms with Gasteiger partial charge in [-0.05, 0) is 119 Å². The van der Waals surface area contributed by atoms with Crippen LogP contribution >= 0.6 is 0 Å². The van der Waals surface area contributed by atoms with Crippen molar-refractivity contribution in [2.24, 2.45) is 23.2 Å². The Morgan fingerprint density at radius 3 is 1.75 bits per heavy atom. The van der Waals surface area contributed by atoms with Gasteiger partial charge in [-0.2, -0.15) is 0 Å². The van der Waals surface area contributed by atoms with Gasteiger partial charge in [0, 0.05) is 11.4 Å². The largest absolute Gasteiger partial charge is 0.356 e. The van der Waals surface area contributed by atoms with E-state index in [9.17, 15) is 0 Å². The van der Waals surface area contributed by atoms with Crippen LogP contribution in [0.5, 0.6) is 0 Å². The average molecular weight is 468 g/mol. The molecule has 178 valence electrons. The van der Waals surface area contributed by atoms with Crippen LogP contribution in [0.4, 0.5) is 11.4 Å². The molecule has 3 bridgehead atoms. The van der Waals surface area contributed by atoms with Crippen molar-refractivity contribution < 1.29 is 0 Å². The van der Waals surface area contributed by atoms with Crippen molar-refractivity contribution in [3.8, 4) is 22.3 Å². The molecule has 1 heteroatoms. The fourth-order valence-electron chi connectivity index (χ4n) is 9.00. The third-order valence-corrected chi connectivity index (χ3v) is 10.5. The lowest BCUT2D eigenvalue weighted by atomic mass is 9.55. The summed E-state index contributed by atoms with van der Waals surface area (Å²) in [5.74, 6) is 3.11. The van der Waals surface area contributed by atoms with Crippen molar-refractivity contribution in [2.75, 3.05) is 5.32 Å². The molecule has 0 heterocycles. The van der Waals surface area contributed by atoms with Gasteiger partial charge < -0.3 is 5.32 Å². The van der Waals surface area contributed by atoms with Crippen LogP contribution in [-0.4, -0.2) is 0 Å². The van der Waals surface area contributed by atoms with Gasteiger partial charge in [0.15, 0.2) is 0 Å². The van der Waals surface area contributed by atoms with Crippen molar-refractivity contribution in [2.45, 2.75) is 43.9 Å². The highest BCUT2D eigenvalue weighted by Crippen LogP contribution is 2.78. The summed E-state index contributed by atoms with van der Waals surface area (Å²) in [4.78, 5) is 0. The fraction of sp³-hybridized carbons (Fsp3) is 0.314. The lowest BCUT2D eigenvalue weighted by molar-refractivity contribution is -0.000160. The molecule has 4 aromatic carbocycles. The summed E-state index contributed by atoms with van der Waals surface area (Å²) < 4.78 is 0. The Bertz CT molecular complexity index is 1400. The second kappa shape index (κ2) is 7.59. The van der Waals surface area contributed by atoms with Gasteiger partial charge in [0.25, 0.3) is 0 Å². The first kappa shape index (κ1) is 20.8. The molecule has 0 aliphatic heterocycles. The summed E-state index contributed by atoms with van der Waals surface area (Å²) >= 11 is 0. The van der Waals surface area contributed by atoms with Crippen molar-refractivity contribution in [1.82, 2.24) is 0 Å². The maximum Gasteiger partial charge on any atom is 0.0384 e. The normalized spacial score (nSPS) is 31.2. The van der Waals surface area contributed by atoms with Crippen LogP contribution < -0.4 is 5.32 Å². The van der Waals surface area contributed by atoms with Crippen LogP contribution in [0.15, 0.2) is 103 Å². The van der Waals surface area contributed by atoms with E-state index in [0.29, 0.717) is 5.41 Å². The standard InChI is InChI=1S/C35H33N/c1-2-4-25(5-3-1)27-8-14-32(15-9-27)36-33-16-10-28(11-17-33)26-6-12-29(13-7-26)34-20-24-18-30-19-31(22-34)35(30,21-24)23-34/h1-17,24,30-31,36H,18-23H2/t24-,30?,31?,34?,35-/m0/s1. The topological polar surface area (TPSA) is 12.0 Å². The van der Waals surface area contributed by atoms with Crippen molar-refractivity contribution in [1.29, 1.82) is 0 Å². The molecule has 1 nitrogen and oxygen atoms in total. The number of fused-ring (bicyclic) bond motifs is 2. The third kappa shape index (κ3) is 3.08. The predicted molar refractivity (Wildman–Crippen MR) is 149 cm³/mol. The molecule has 1 spiro atoms. The molecular weight excluding hydrogens is 434 g/mol. The third-order valence-electron chi connectivity index (χ3n) is 10.5. The predicted octanol–water partition coefficient (Wildman–Crippen LogP) is 9.23. The van der Waals surface area contributed by atoms with E-state index in [-0.39, 0.29) is 0 Å². The van der Waals surface area contributed by atoms with E-state index in [1.807, 2.05) is 0 Å². The average Bonchev–Trinajstić information content (AvgIpc) is 3.25. The maximum atomic E-state index is 3.55. The van der Waals surface area contributed by atoms with Gasteiger partial charge in [-0.15, -0.1) is 0 Å². The monoisotopic (exact) mass is 467 g/mol. The molecule has 0 amide bonds. The van der Waals surface area contributed by atoms with Crippen molar-refractivity contribution in [3.05, 3.63) is 109 Å². The second-order valence-corrected chi connectivity index (χ2v) is 12.3. The quantitative estimate of drug-likeness (QED) is 0.308. The zero-order valence-corrected chi connectivity index (χ0v) is 20.8. The number of rotatable bonds is 5. The van der Waals surface area contributed by atoms with E-state index in [0.717, 1.165) is 34.5 Å². The van der Waals surface area contributed by atoms with E-state index in [4.69, 9.17) is 0 Å². The van der Waals surface area contributed by atoms with Gasteiger partial charge >= 0.3 is 0 Å². The number of hydrogen-bond acceptors (Lipinski definition) is 1. The molecule has 4 aliphatic carbocycles. The summed E-state index contributed by atoms with van der Waals surface area (Å²) in [6.07, 6.45) is 9.03. The number of anilines is 2. The summed E-state index contributed by atoms with van der Waals surface area (Å²) in [7, 11) is 0. The first-order valence-corrected chi connectivity index (χ1v) is 13.8. The minimum absolute atomic E-state index is 0.487. The first-order valence-electron chi connectivity index (χ1n) is 13.8. The summed E-state index contributed by atoms with van der Waals surface area (Å²) in [6.45, 7) is 0. The smallest absolute Gasteiger partial charge is 0.0384 e. The Balaban J connectivity index is 0.977. The number of hydrogen-bond donors (Lipinski definition) is 1. The molecule has 4 fully saturated rings. The van der Waals surface area contributed by atoms with E-state index >= 15 is 0 Å². The summed E-state index contributed by atoms with van der Waals surface area (Å²) in [5, 5.41) is 3.55. The lowest BCUT2D eigenvalue weighted by Crippen LogP contribution is -2.42. The molecule has 4 aliphatic rings. The van der Waals surface area contributed by atoms with Gasteiger partial charge in [0.1, 0.15) is 0 Å².